The Hall–Kier alpha value is -3.08. The highest BCUT2D eigenvalue weighted by Gasteiger charge is 2.41. The number of aryl methyl sites for hydroxylation is 1. The van der Waals surface area contributed by atoms with Crippen molar-refractivity contribution in [2.24, 2.45) is 0 Å². The van der Waals surface area contributed by atoms with Gasteiger partial charge >= 0.3 is 6.11 Å². The molecule has 180 valence electrons. The Morgan fingerprint density at radius 1 is 0.629 bits per heavy atom. The number of halogens is 8. The van der Waals surface area contributed by atoms with E-state index in [-0.39, 0.29) is 11.1 Å². The van der Waals surface area contributed by atoms with E-state index in [2.05, 4.69) is 4.74 Å². The number of alkyl halides is 2. The Labute approximate surface area is 209 Å². The molecule has 4 rings (SSSR count). The van der Waals surface area contributed by atoms with Crippen LogP contribution in [0.3, 0.4) is 0 Å². The van der Waals surface area contributed by atoms with Gasteiger partial charge in [-0.15, -0.1) is 0 Å². The normalized spacial score (nSPS) is 11.6. The monoisotopic (exact) mass is 602 g/mol. The van der Waals surface area contributed by atoms with Crippen molar-refractivity contribution in [3.8, 4) is 28.0 Å². The highest BCUT2D eigenvalue weighted by molar-refractivity contribution is 14.1. The molecule has 9 heteroatoms. The molecule has 0 radical (unpaired) electrons. The SMILES string of the molecule is Cc1ccc(-c2ccc(-c3cc(F)c(C(F)(F)Oc4cc(F)c(I)c(F)c4)c(F)c3)c(F)c2)cc1. The Kier molecular flexibility index (Phi) is 6.81. The van der Waals surface area contributed by atoms with Gasteiger partial charge in [-0.2, -0.15) is 8.78 Å². The van der Waals surface area contributed by atoms with E-state index in [1.54, 1.807) is 12.1 Å². The van der Waals surface area contributed by atoms with Gasteiger partial charge in [-0.25, -0.2) is 22.0 Å². The minimum atomic E-state index is -4.62. The Morgan fingerprint density at radius 2 is 1.14 bits per heavy atom. The fourth-order valence-electron chi connectivity index (χ4n) is 3.47. The lowest BCUT2D eigenvalue weighted by Crippen LogP contribution is -2.25. The van der Waals surface area contributed by atoms with Gasteiger partial charge < -0.3 is 4.74 Å². The molecular formula is C26H14F7IO. The van der Waals surface area contributed by atoms with E-state index in [1.807, 2.05) is 19.1 Å². The maximum atomic E-state index is 14.8. The molecule has 0 atom stereocenters. The first-order valence-electron chi connectivity index (χ1n) is 10.0. The second-order valence-electron chi connectivity index (χ2n) is 7.70. The van der Waals surface area contributed by atoms with Crippen LogP contribution < -0.4 is 4.74 Å². The Bertz CT molecular complexity index is 1370. The topological polar surface area (TPSA) is 9.23 Å². The van der Waals surface area contributed by atoms with Crippen LogP contribution in [0, 0.1) is 39.6 Å². The molecule has 0 saturated carbocycles. The molecule has 0 aromatic heterocycles. The molecule has 0 N–H and O–H groups in total. The first-order chi connectivity index (χ1) is 16.5. The standard InChI is InChI=1S/C26H14F7IO/c1-13-2-4-14(5-3-13)15-6-7-18(19(27)8-15)16-9-20(28)24(21(29)10-16)26(32,33)35-17-11-22(30)25(34)23(31)12-17/h2-12H,1H3. The first kappa shape index (κ1) is 25.0. The van der Waals surface area contributed by atoms with Crippen molar-refractivity contribution in [1.82, 2.24) is 0 Å². The minimum Gasteiger partial charge on any atom is -0.429 e. The van der Waals surface area contributed by atoms with Crippen molar-refractivity contribution < 1.29 is 35.5 Å². The smallest absolute Gasteiger partial charge is 0.429 e. The average molecular weight is 602 g/mol. The quantitative estimate of drug-likeness (QED) is 0.126. The van der Waals surface area contributed by atoms with Crippen LogP contribution in [0.1, 0.15) is 11.1 Å². The van der Waals surface area contributed by atoms with Crippen molar-refractivity contribution in [2.45, 2.75) is 13.0 Å². The van der Waals surface area contributed by atoms with E-state index in [1.165, 1.54) is 40.8 Å². The zero-order chi connectivity index (χ0) is 25.5. The van der Waals surface area contributed by atoms with Crippen LogP contribution >= 0.6 is 22.6 Å². The summed E-state index contributed by atoms with van der Waals surface area (Å²) in [5.74, 6) is -7.60. The summed E-state index contributed by atoms with van der Waals surface area (Å²) in [6.45, 7) is 1.89. The molecule has 1 nitrogen and oxygen atoms in total. The number of ether oxygens (including phenoxy) is 1. The van der Waals surface area contributed by atoms with Crippen LogP contribution in [0.2, 0.25) is 0 Å². The number of hydrogen-bond donors (Lipinski definition) is 0. The van der Waals surface area contributed by atoms with Gasteiger partial charge in [-0.3, -0.25) is 0 Å². The number of rotatable bonds is 5. The molecule has 0 saturated heterocycles. The fourth-order valence-corrected chi connectivity index (χ4v) is 3.78. The zero-order valence-electron chi connectivity index (χ0n) is 17.8. The molecule has 0 aliphatic heterocycles. The molecule has 0 bridgehead atoms. The predicted octanol–water partition coefficient (Wildman–Crippen LogP) is 8.76. The van der Waals surface area contributed by atoms with Crippen molar-refractivity contribution in [3.63, 3.8) is 0 Å². The highest BCUT2D eigenvalue weighted by atomic mass is 127. The third-order valence-electron chi connectivity index (χ3n) is 5.20. The van der Waals surface area contributed by atoms with Gasteiger partial charge in [0.2, 0.25) is 0 Å². The second-order valence-corrected chi connectivity index (χ2v) is 8.77. The summed E-state index contributed by atoms with van der Waals surface area (Å²) >= 11 is 1.32. The van der Waals surface area contributed by atoms with Crippen LogP contribution in [0.5, 0.6) is 5.75 Å². The van der Waals surface area contributed by atoms with E-state index in [0.717, 1.165) is 5.56 Å². The maximum absolute atomic E-state index is 14.8. The molecule has 4 aromatic carbocycles. The van der Waals surface area contributed by atoms with Crippen LogP contribution in [0.15, 0.2) is 66.7 Å². The van der Waals surface area contributed by atoms with E-state index in [4.69, 9.17) is 0 Å². The van der Waals surface area contributed by atoms with Crippen molar-refractivity contribution in [1.29, 1.82) is 0 Å². The summed E-state index contributed by atoms with van der Waals surface area (Å²) < 4.78 is 104. The first-order valence-corrected chi connectivity index (χ1v) is 11.1. The summed E-state index contributed by atoms with van der Waals surface area (Å²) in [6.07, 6.45) is -4.62. The Balaban J connectivity index is 1.67. The van der Waals surface area contributed by atoms with E-state index in [0.29, 0.717) is 35.4 Å². The molecule has 0 heterocycles. The van der Waals surface area contributed by atoms with Gasteiger partial charge in [0.25, 0.3) is 0 Å². The van der Waals surface area contributed by atoms with Crippen molar-refractivity contribution in [3.05, 3.63) is 111 Å². The lowest BCUT2D eigenvalue weighted by atomic mass is 9.98. The van der Waals surface area contributed by atoms with E-state index >= 15 is 0 Å². The minimum absolute atomic E-state index is 0.212. The number of benzene rings is 4. The van der Waals surface area contributed by atoms with E-state index in [9.17, 15) is 30.7 Å². The van der Waals surface area contributed by atoms with Gasteiger partial charge in [0.1, 0.15) is 40.4 Å². The van der Waals surface area contributed by atoms with Crippen molar-refractivity contribution in [2.75, 3.05) is 0 Å². The van der Waals surface area contributed by atoms with Crippen LogP contribution in [0.4, 0.5) is 30.7 Å². The van der Waals surface area contributed by atoms with Gasteiger partial charge in [-0.1, -0.05) is 42.0 Å². The van der Waals surface area contributed by atoms with Gasteiger partial charge in [-0.05, 0) is 64.4 Å². The predicted molar refractivity (Wildman–Crippen MR) is 126 cm³/mol. The van der Waals surface area contributed by atoms with Crippen molar-refractivity contribution >= 4 is 22.6 Å². The summed E-state index contributed by atoms with van der Waals surface area (Å²) in [6, 6.07) is 13.2. The third kappa shape index (κ3) is 5.14. The molecule has 0 aliphatic rings. The zero-order valence-corrected chi connectivity index (χ0v) is 19.9. The molecule has 0 fully saturated rings. The third-order valence-corrected chi connectivity index (χ3v) is 6.23. The van der Waals surface area contributed by atoms with Crippen LogP contribution in [0.25, 0.3) is 22.3 Å². The van der Waals surface area contributed by atoms with Gasteiger partial charge in [0, 0.05) is 17.7 Å². The number of hydrogen-bond acceptors (Lipinski definition) is 1. The van der Waals surface area contributed by atoms with E-state index < -0.39 is 50.1 Å². The summed E-state index contributed by atoms with van der Waals surface area (Å²) in [7, 11) is 0. The van der Waals surface area contributed by atoms with Crippen LogP contribution in [-0.4, -0.2) is 0 Å². The molecule has 0 amide bonds. The molecule has 0 spiro atoms. The molecule has 35 heavy (non-hydrogen) atoms. The molecule has 0 aliphatic carbocycles. The fraction of sp³-hybridized carbons (Fsp3) is 0.0769. The molecule has 4 aromatic rings. The van der Waals surface area contributed by atoms with Gasteiger partial charge in [0.05, 0.1) is 3.57 Å². The maximum Gasteiger partial charge on any atom is 0.432 e. The Morgan fingerprint density at radius 3 is 1.69 bits per heavy atom. The van der Waals surface area contributed by atoms with Gasteiger partial charge in [0.15, 0.2) is 0 Å². The lowest BCUT2D eigenvalue weighted by Gasteiger charge is -2.20. The van der Waals surface area contributed by atoms with Crippen LogP contribution in [-0.2, 0) is 6.11 Å². The largest absolute Gasteiger partial charge is 0.432 e. The average Bonchev–Trinajstić information content (AvgIpc) is 2.76. The highest BCUT2D eigenvalue weighted by Crippen LogP contribution is 2.38. The molecular weight excluding hydrogens is 588 g/mol. The molecule has 0 unspecified atom stereocenters. The summed E-state index contributed by atoms with van der Waals surface area (Å²) in [5, 5.41) is 0. The summed E-state index contributed by atoms with van der Waals surface area (Å²) in [5.41, 5.74) is -0.0721. The second kappa shape index (κ2) is 9.52. The lowest BCUT2D eigenvalue weighted by molar-refractivity contribution is -0.189. The summed E-state index contributed by atoms with van der Waals surface area (Å²) in [4.78, 5) is 0.